The van der Waals surface area contributed by atoms with Crippen LogP contribution in [0.1, 0.15) is 46.2 Å². The van der Waals surface area contributed by atoms with Crippen LogP contribution in [-0.4, -0.2) is 21.3 Å². The topological polar surface area (TPSA) is 47.3 Å². The van der Waals surface area contributed by atoms with Crippen LogP contribution in [0.5, 0.6) is 5.75 Å². The number of ether oxygens (including phenoxy) is 1. The highest BCUT2D eigenvalue weighted by Crippen LogP contribution is 2.28. The second-order valence-corrected chi connectivity index (χ2v) is 8.31. The summed E-state index contributed by atoms with van der Waals surface area (Å²) in [6, 6.07) is 20.2. The molecular weight excluding hydrogens is 384 g/mol. The van der Waals surface area contributed by atoms with Crippen LogP contribution >= 0.6 is 0 Å². The number of hydrogen-bond acceptors (Lipinski definition) is 3. The molecule has 0 amide bonds. The Balaban J connectivity index is 1.58. The van der Waals surface area contributed by atoms with E-state index < -0.39 is 6.10 Å². The minimum Gasteiger partial charge on any atom is -0.494 e. The number of aryl methyl sites for hydroxylation is 5. The molecule has 1 atom stereocenters. The molecule has 0 aliphatic heterocycles. The number of rotatable bonds is 7. The Morgan fingerprint density at radius 1 is 0.871 bits per heavy atom. The molecule has 0 fully saturated rings. The van der Waals surface area contributed by atoms with E-state index >= 15 is 0 Å². The van der Waals surface area contributed by atoms with E-state index in [0.717, 1.165) is 35.3 Å². The molecule has 1 aromatic heterocycles. The molecule has 4 rings (SSSR count). The Morgan fingerprint density at radius 3 is 2.32 bits per heavy atom. The maximum Gasteiger partial charge on any atom is 0.143 e. The zero-order chi connectivity index (χ0) is 22.0. The van der Waals surface area contributed by atoms with Crippen molar-refractivity contribution >= 4 is 11.0 Å². The van der Waals surface area contributed by atoms with Gasteiger partial charge in [-0.3, -0.25) is 0 Å². The molecule has 1 N–H and O–H groups in total. The summed E-state index contributed by atoms with van der Waals surface area (Å²) in [5, 5.41) is 11.1. The van der Waals surface area contributed by atoms with Gasteiger partial charge in [-0.25, -0.2) is 4.98 Å². The zero-order valence-electron chi connectivity index (χ0n) is 18.7. The van der Waals surface area contributed by atoms with E-state index in [1.54, 1.807) is 0 Å². The Kier molecular flexibility index (Phi) is 6.10. The van der Waals surface area contributed by atoms with E-state index in [2.05, 4.69) is 56.5 Å². The summed E-state index contributed by atoms with van der Waals surface area (Å²) in [5.41, 5.74) is 7.75. The molecular formula is C27H30N2O2. The number of aliphatic hydroxyl groups excluding tert-OH is 1. The average molecular weight is 415 g/mol. The third kappa shape index (κ3) is 4.49. The molecule has 0 spiro atoms. The Bertz CT molecular complexity index is 1200. The van der Waals surface area contributed by atoms with Crippen LogP contribution in [0.4, 0.5) is 0 Å². The highest BCUT2D eigenvalue weighted by molar-refractivity contribution is 5.78. The molecule has 4 nitrogen and oxygen atoms in total. The molecule has 3 aromatic carbocycles. The molecule has 0 saturated carbocycles. The molecule has 4 aromatic rings. The van der Waals surface area contributed by atoms with Gasteiger partial charge >= 0.3 is 0 Å². The van der Waals surface area contributed by atoms with Gasteiger partial charge in [0.25, 0.3) is 0 Å². The lowest BCUT2D eigenvalue weighted by atomic mass is 10.1. The first-order chi connectivity index (χ1) is 14.9. The first kappa shape index (κ1) is 21.1. The van der Waals surface area contributed by atoms with Gasteiger partial charge in [-0.05, 0) is 86.2 Å². The van der Waals surface area contributed by atoms with E-state index in [-0.39, 0.29) is 0 Å². The van der Waals surface area contributed by atoms with Crippen LogP contribution in [0.15, 0.2) is 60.7 Å². The van der Waals surface area contributed by atoms with Crippen LogP contribution in [0.3, 0.4) is 0 Å². The number of aliphatic hydroxyl groups is 1. The molecule has 0 aliphatic carbocycles. The summed E-state index contributed by atoms with van der Waals surface area (Å²) in [6.07, 6.45) is 0.0506. The summed E-state index contributed by atoms with van der Waals surface area (Å²) < 4.78 is 8.13. The smallest absolute Gasteiger partial charge is 0.143 e. The summed E-state index contributed by atoms with van der Waals surface area (Å²) in [6.45, 7) is 9.74. The largest absolute Gasteiger partial charge is 0.494 e. The Hall–Kier alpha value is -3.11. The lowest BCUT2D eigenvalue weighted by Crippen LogP contribution is -2.12. The molecule has 0 aliphatic rings. The fraction of sp³-hybridized carbons (Fsp3) is 0.296. The first-order valence-corrected chi connectivity index (χ1v) is 10.8. The molecule has 0 saturated heterocycles. The molecule has 31 heavy (non-hydrogen) atoms. The van der Waals surface area contributed by atoms with E-state index in [9.17, 15) is 5.11 Å². The van der Waals surface area contributed by atoms with Crippen molar-refractivity contribution in [2.75, 3.05) is 6.61 Å². The number of imidazole rings is 1. The molecule has 4 heteroatoms. The van der Waals surface area contributed by atoms with Crippen LogP contribution in [-0.2, 0) is 6.54 Å². The van der Waals surface area contributed by atoms with Gasteiger partial charge in [-0.2, -0.15) is 0 Å². The van der Waals surface area contributed by atoms with Crippen molar-refractivity contribution in [3.8, 4) is 5.75 Å². The van der Waals surface area contributed by atoms with Gasteiger partial charge in [0.15, 0.2) is 0 Å². The van der Waals surface area contributed by atoms with Gasteiger partial charge < -0.3 is 14.4 Å². The highest BCUT2D eigenvalue weighted by atomic mass is 16.5. The second-order valence-electron chi connectivity index (χ2n) is 8.31. The number of benzene rings is 3. The maximum atomic E-state index is 11.1. The summed E-state index contributed by atoms with van der Waals surface area (Å²) >= 11 is 0. The lowest BCUT2D eigenvalue weighted by molar-refractivity contribution is 0.203. The number of hydrogen-bond donors (Lipinski definition) is 1. The normalized spacial score (nSPS) is 12.3. The predicted octanol–water partition coefficient (Wildman–Crippen LogP) is 5.82. The zero-order valence-corrected chi connectivity index (χ0v) is 18.7. The average Bonchev–Trinajstić information content (AvgIpc) is 3.11. The fourth-order valence-corrected chi connectivity index (χ4v) is 3.84. The summed E-state index contributed by atoms with van der Waals surface area (Å²) in [7, 11) is 0. The summed E-state index contributed by atoms with van der Waals surface area (Å²) in [5.74, 6) is 1.58. The van der Waals surface area contributed by atoms with Crippen molar-refractivity contribution in [3.05, 3.63) is 94.3 Å². The van der Waals surface area contributed by atoms with Crippen molar-refractivity contribution in [2.45, 2.75) is 46.8 Å². The van der Waals surface area contributed by atoms with Crippen LogP contribution in [0.2, 0.25) is 0 Å². The fourth-order valence-electron chi connectivity index (χ4n) is 3.84. The predicted molar refractivity (Wildman–Crippen MR) is 126 cm³/mol. The summed E-state index contributed by atoms with van der Waals surface area (Å²) in [4.78, 5) is 4.82. The molecule has 0 bridgehead atoms. The van der Waals surface area contributed by atoms with Gasteiger partial charge in [0, 0.05) is 6.54 Å². The van der Waals surface area contributed by atoms with Crippen molar-refractivity contribution in [1.82, 2.24) is 9.55 Å². The van der Waals surface area contributed by atoms with Gasteiger partial charge in [-0.15, -0.1) is 0 Å². The lowest BCUT2D eigenvalue weighted by Gasteiger charge is -2.15. The number of fused-ring (bicyclic) bond motifs is 1. The van der Waals surface area contributed by atoms with Crippen molar-refractivity contribution in [1.29, 1.82) is 0 Å². The van der Waals surface area contributed by atoms with E-state index in [0.29, 0.717) is 12.4 Å². The molecule has 1 heterocycles. The SMILES string of the molecule is Cc1ccc(OCCCn2c(C(O)c3ccccc3)nc3cc(C)c(C)cc32)cc1C. The maximum absolute atomic E-state index is 11.1. The minimum absolute atomic E-state index is 0.605. The van der Waals surface area contributed by atoms with Crippen molar-refractivity contribution in [3.63, 3.8) is 0 Å². The van der Waals surface area contributed by atoms with Crippen LogP contribution in [0, 0.1) is 27.7 Å². The molecule has 0 radical (unpaired) electrons. The van der Waals surface area contributed by atoms with E-state index in [1.807, 2.05) is 36.4 Å². The van der Waals surface area contributed by atoms with Crippen LogP contribution < -0.4 is 4.74 Å². The highest BCUT2D eigenvalue weighted by Gasteiger charge is 2.20. The van der Waals surface area contributed by atoms with Crippen molar-refractivity contribution < 1.29 is 9.84 Å². The van der Waals surface area contributed by atoms with Gasteiger partial charge in [0.05, 0.1) is 17.6 Å². The van der Waals surface area contributed by atoms with Gasteiger partial charge in [0.1, 0.15) is 17.7 Å². The minimum atomic E-state index is -0.769. The number of nitrogens with zero attached hydrogens (tertiary/aromatic N) is 2. The second kappa shape index (κ2) is 8.94. The number of aromatic nitrogens is 2. The van der Waals surface area contributed by atoms with Gasteiger partial charge in [-0.1, -0.05) is 36.4 Å². The molecule has 1 unspecified atom stereocenters. The first-order valence-electron chi connectivity index (χ1n) is 10.8. The third-order valence-corrected chi connectivity index (χ3v) is 6.03. The third-order valence-electron chi connectivity index (χ3n) is 6.03. The van der Waals surface area contributed by atoms with Gasteiger partial charge in [0.2, 0.25) is 0 Å². The molecule has 160 valence electrons. The van der Waals surface area contributed by atoms with E-state index in [4.69, 9.17) is 9.72 Å². The quantitative estimate of drug-likeness (QED) is 0.388. The van der Waals surface area contributed by atoms with Crippen molar-refractivity contribution in [2.24, 2.45) is 0 Å². The monoisotopic (exact) mass is 414 g/mol. The Morgan fingerprint density at radius 2 is 1.58 bits per heavy atom. The standard InChI is InChI=1S/C27H30N2O2/c1-18-11-12-23(15-19(18)2)31-14-8-13-29-25-17-21(4)20(3)16-24(25)28-27(29)26(30)22-9-6-5-7-10-22/h5-7,9-12,15-17,26,30H,8,13-14H2,1-4H3. The van der Waals surface area contributed by atoms with Crippen LogP contribution in [0.25, 0.3) is 11.0 Å². The van der Waals surface area contributed by atoms with E-state index in [1.165, 1.54) is 22.3 Å². The Labute approximate surface area is 184 Å².